The van der Waals surface area contributed by atoms with Gasteiger partial charge in [0.2, 0.25) is 5.91 Å². The summed E-state index contributed by atoms with van der Waals surface area (Å²) < 4.78 is 5.65. The van der Waals surface area contributed by atoms with E-state index >= 15 is 0 Å². The zero-order valence-electron chi connectivity index (χ0n) is 17.1. The summed E-state index contributed by atoms with van der Waals surface area (Å²) in [5.41, 5.74) is 2.19. The number of piperazine rings is 1. The number of nitrogens with zero attached hydrogens (tertiary/aromatic N) is 5. The highest BCUT2D eigenvalue weighted by Gasteiger charge is 2.38. The number of morpholine rings is 1. The number of aromatic nitrogens is 3. The highest BCUT2D eigenvalue weighted by atomic mass is 35.5. The van der Waals surface area contributed by atoms with Crippen LogP contribution in [0.2, 0.25) is 5.15 Å². The van der Waals surface area contributed by atoms with Crippen molar-refractivity contribution in [2.75, 3.05) is 39.9 Å². The van der Waals surface area contributed by atoms with Gasteiger partial charge in [-0.05, 0) is 29.8 Å². The predicted octanol–water partition coefficient (Wildman–Crippen LogP) is 1.32. The summed E-state index contributed by atoms with van der Waals surface area (Å²) in [5.74, 6) is -0.422. The van der Waals surface area contributed by atoms with Crippen LogP contribution in [-0.4, -0.2) is 82.5 Å². The van der Waals surface area contributed by atoms with E-state index in [2.05, 4.69) is 31.7 Å². The van der Waals surface area contributed by atoms with Crippen LogP contribution < -0.4 is 5.32 Å². The number of ether oxygens (including phenoxy) is 1. The standard InChI is InChI=1S/C21H23ClN6O3/c1-3-20(29)27-9-14-11-31-5-4-28(14)18(10-27)13-6-16(26-19(22)7-13)15-8-17(21(30)23-2)25-12-24-15/h3,6-8,12,14,18H,1,4-5,9-11H2,2H3,(H,23,30)/t14-,18-/m0/s1. The molecule has 2 atom stereocenters. The zero-order valence-corrected chi connectivity index (χ0v) is 17.9. The molecule has 0 aliphatic carbocycles. The number of nitrogens with one attached hydrogen (secondary N) is 1. The van der Waals surface area contributed by atoms with Gasteiger partial charge in [0.15, 0.2) is 0 Å². The third kappa shape index (κ3) is 4.43. The normalized spacial score (nSPS) is 21.3. The number of halogens is 1. The van der Waals surface area contributed by atoms with Crippen molar-refractivity contribution in [2.45, 2.75) is 12.1 Å². The van der Waals surface area contributed by atoms with Gasteiger partial charge in [0.05, 0.1) is 36.7 Å². The minimum Gasteiger partial charge on any atom is -0.378 e. The highest BCUT2D eigenvalue weighted by Crippen LogP contribution is 2.33. The summed E-state index contributed by atoms with van der Waals surface area (Å²) in [6.07, 6.45) is 2.66. The number of hydrogen-bond donors (Lipinski definition) is 1. The number of fused-ring (bicyclic) bond motifs is 1. The van der Waals surface area contributed by atoms with Crippen molar-refractivity contribution in [1.82, 2.24) is 30.1 Å². The topological polar surface area (TPSA) is 101 Å². The van der Waals surface area contributed by atoms with Gasteiger partial charge in [-0.2, -0.15) is 0 Å². The lowest BCUT2D eigenvalue weighted by atomic mass is 9.97. The van der Waals surface area contributed by atoms with Gasteiger partial charge in [0.1, 0.15) is 17.2 Å². The molecule has 2 aliphatic heterocycles. The van der Waals surface area contributed by atoms with E-state index in [0.29, 0.717) is 42.8 Å². The van der Waals surface area contributed by atoms with Gasteiger partial charge >= 0.3 is 0 Å². The van der Waals surface area contributed by atoms with Crippen LogP contribution in [0.5, 0.6) is 0 Å². The molecule has 9 nitrogen and oxygen atoms in total. The molecule has 10 heteroatoms. The molecule has 2 aromatic rings. The van der Waals surface area contributed by atoms with Crippen molar-refractivity contribution >= 4 is 23.4 Å². The van der Waals surface area contributed by atoms with Gasteiger partial charge in [-0.15, -0.1) is 0 Å². The first-order valence-electron chi connectivity index (χ1n) is 9.97. The molecule has 2 aromatic heterocycles. The third-order valence-corrected chi connectivity index (χ3v) is 5.77. The molecule has 0 unspecified atom stereocenters. The molecular weight excluding hydrogens is 420 g/mol. The van der Waals surface area contributed by atoms with Crippen molar-refractivity contribution in [3.05, 3.63) is 53.6 Å². The summed E-state index contributed by atoms with van der Waals surface area (Å²) in [7, 11) is 1.54. The molecule has 2 aliphatic rings. The molecule has 0 aromatic carbocycles. The highest BCUT2D eigenvalue weighted by molar-refractivity contribution is 6.29. The minimum absolute atomic E-state index is 0.0777. The SMILES string of the molecule is C=CC(=O)N1C[C@H]2COCCN2[C@H](c2cc(Cl)nc(-c3cc(C(=O)NC)ncn3)c2)C1. The van der Waals surface area contributed by atoms with Crippen molar-refractivity contribution in [3.63, 3.8) is 0 Å². The molecule has 1 N–H and O–H groups in total. The fourth-order valence-electron chi connectivity index (χ4n) is 4.07. The van der Waals surface area contributed by atoms with Crippen molar-refractivity contribution < 1.29 is 14.3 Å². The van der Waals surface area contributed by atoms with Crippen LogP contribution in [-0.2, 0) is 9.53 Å². The average molecular weight is 443 g/mol. The van der Waals surface area contributed by atoms with Gasteiger partial charge in [-0.1, -0.05) is 18.2 Å². The minimum atomic E-state index is -0.312. The van der Waals surface area contributed by atoms with Crippen LogP contribution in [0.25, 0.3) is 11.4 Å². The van der Waals surface area contributed by atoms with E-state index in [1.54, 1.807) is 11.0 Å². The fourth-order valence-corrected chi connectivity index (χ4v) is 4.29. The Balaban J connectivity index is 1.72. The molecule has 162 valence electrons. The first kappa shape index (κ1) is 21.4. The van der Waals surface area contributed by atoms with Gasteiger partial charge in [0, 0.05) is 26.7 Å². The Morgan fingerprint density at radius 3 is 2.87 bits per heavy atom. The number of pyridine rings is 1. The number of carbonyl (C=O) groups is 2. The first-order valence-corrected chi connectivity index (χ1v) is 10.3. The molecule has 0 saturated carbocycles. The lowest BCUT2D eigenvalue weighted by Crippen LogP contribution is -2.60. The van der Waals surface area contributed by atoms with Crippen LogP contribution in [0.1, 0.15) is 22.1 Å². The Morgan fingerprint density at radius 2 is 2.10 bits per heavy atom. The molecule has 0 bridgehead atoms. The van der Waals surface area contributed by atoms with Crippen LogP contribution in [0, 0.1) is 0 Å². The van der Waals surface area contributed by atoms with E-state index in [-0.39, 0.29) is 29.6 Å². The van der Waals surface area contributed by atoms with E-state index in [0.717, 1.165) is 12.1 Å². The Morgan fingerprint density at radius 1 is 1.26 bits per heavy atom. The van der Waals surface area contributed by atoms with E-state index < -0.39 is 0 Å². The largest absolute Gasteiger partial charge is 0.378 e. The number of rotatable bonds is 4. The summed E-state index contributed by atoms with van der Waals surface area (Å²) in [4.78, 5) is 41.1. The van der Waals surface area contributed by atoms with Gasteiger partial charge in [0.25, 0.3) is 5.91 Å². The maximum absolute atomic E-state index is 12.4. The van der Waals surface area contributed by atoms with Gasteiger partial charge < -0.3 is 15.0 Å². The van der Waals surface area contributed by atoms with Crippen LogP contribution in [0.3, 0.4) is 0 Å². The monoisotopic (exact) mass is 442 g/mol. The maximum atomic E-state index is 12.4. The fraction of sp³-hybridized carbons (Fsp3) is 0.381. The molecule has 31 heavy (non-hydrogen) atoms. The van der Waals surface area contributed by atoms with Crippen molar-refractivity contribution in [3.8, 4) is 11.4 Å². The maximum Gasteiger partial charge on any atom is 0.269 e. The Hall–Kier alpha value is -2.88. The van der Waals surface area contributed by atoms with E-state index in [9.17, 15) is 9.59 Å². The van der Waals surface area contributed by atoms with E-state index in [1.165, 1.54) is 19.5 Å². The van der Waals surface area contributed by atoms with E-state index in [4.69, 9.17) is 16.3 Å². The molecule has 4 heterocycles. The quantitative estimate of drug-likeness (QED) is 0.563. The van der Waals surface area contributed by atoms with Crippen molar-refractivity contribution in [1.29, 1.82) is 0 Å². The summed E-state index contributed by atoms with van der Waals surface area (Å²) in [6, 6.07) is 5.30. The molecule has 2 amide bonds. The molecule has 2 saturated heterocycles. The zero-order chi connectivity index (χ0) is 22.0. The lowest BCUT2D eigenvalue weighted by molar-refractivity contribution is -0.135. The van der Waals surface area contributed by atoms with Crippen LogP contribution in [0.4, 0.5) is 0 Å². The van der Waals surface area contributed by atoms with Gasteiger partial charge in [-0.25, -0.2) is 15.0 Å². The lowest BCUT2D eigenvalue weighted by Gasteiger charge is -2.48. The number of hydrogen-bond acceptors (Lipinski definition) is 7. The second kappa shape index (κ2) is 9.09. The van der Waals surface area contributed by atoms with Crippen molar-refractivity contribution in [2.24, 2.45) is 0 Å². The molecule has 4 rings (SSSR count). The average Bonchev–Trinajstić information content (AvgIpc) is 2.81. The smallest absolute Gasteiger partial charge is 0.269 e. The second-order valence-electron chi connectivity index (χ2n) is 7.41. The Labute approximate surface area is 185 Å². The Kier molecular flexibility index (Phi) is 6.26. The summed E-state index contributed by atoms with van der Waals surface area (Å²) >= 11 is 6.38. The first-order chi connectivity index (χ1) is 15.0. The van der Waals surface area contributed by atoms with Gasteiger partial charge in [-0.3, -0.25) is 14.5 Å². The number of amides is 2. The second-order valence-corrected chi connectivity index (χ2v) is 7.79. The number of carbonyl (C=O) groups excluding carboxylic acids is 2. The third-order valence-electron chi connectivity index (χ3n) is 5.57. The molecule has 0 spiro atoms. The molecular formula is C21H23ClN6O3. The molecule has 0 radical (unpaired) electrons. The predicted molar refractivity (Wildman–Crippen MR) is 114 cm³/mol. The summed E-state index contributed by atoms with van der Waals surface area (Å²) in [6.45, 7) is 6.67. The van der Waals surface area contributed by atoms with E-state index in [1.807, 2.05) is 12.1 Å². The molecule has 2 fully saturated rings. The van der Waals surface area contributed by atoms with Crippen LogP contribution >= 0.6 is 11.6 Å². The Bertz CT molecular complexity index is 1020. The van der Waals surface area contributed by atoms with Crippen LogP contribution in [0.15, 0.2) is 37.2 Å². The summed E-state index contributed by atoms with van der Waals surface area (Å²) in [5, 5.41) is 2.86.